The summed E-state index contributed by atoms with van der Waals surface area (Å²) in [5.74, 6) is 1.35. The highest BCUT2D eigenvalue weighted by molar-refractivity contribution is 7.91. The highest BCUT2D eigenvalue weighted by Gasteiger charge is 2.59. The minimum atomic E-state index is -4.97. The first kappa shape index (κ1) is 41.6. The zero-order chi connectivity index (χ0) is 42.1. The van der Waals surface area contributed by atoms with Crippen LogP contribution in [0.15, 0.2) is 30.4 Å². The number of rotatable bonds is 4. The van der Waals surface area contributed by atoms with Crippen LogP contribution >= 0.6 is 11.6 Å². The van der Waals surface area contributed by atoms with E-state index in [9.17, 15) is 40.8 Å². The molecule has 3 N–H and O–H groups in total. The van der Waals surface area contributed by atoms with Gasteiger partial charge in [-0.25, -0.2) is 22.9 Å². The molecule has 1 aromatic carbocycles. The molecular formula is C40H45ClF3N5O8S. The fraction of sp³-hybridized carbons (Fsp3) is 0.575. The second kappa shape index (κ2) is 14.6. The Balaban J connectivity index is 1.29. The molecule has 0 bridgehead atoms. The molecule has 3 aliphatic heterocycles. The van der Waals surface area contributed by atoms with Gasteiger partial charge in [-0.05, 0) is 78.7 Å². The lowest BCUT2D eigenvalue weighted by atomic mass is 9.75. The highest BCUT2D eigenvalue weighted by Crippen LogP contribution is 2.49. The molecule has 4 amide bonds. The van der Waals surface area contributed by atoms with Gasteiger partial charge in [-0.15, -0.1) is 0 Å². The maximum Gasteiger partial charge on any atom is 0.437 e. The number of allylic oxidation sites excluding steroid dienone is 1. The van der Waals surface area contributed by atoms with Crippen molar-refractivity contribution in [2.75, 3.05) is 6.54 Å². The number of nitrogens with one attached hydrogen (secondary N) is 3. The van der Waals surface area contributed by atoms with E-state index in [-0.39, 0.29) is 48.3 Å². The van der Waals surface area contributed by atoms with Crippen LogP contribution in [-0.2, 0) is 41.7 Å². The monoisotopic (exact) mass is 847 g/mol. The molecule has 13 nitrogen and oxygen atoms in total. The number of hydrogen-bond acceptors (Lipinski definition) is 9. The lowest BCUT2D eigenvalue weighted by Gasteiger charge is -2.38. The van der Waals surface area contributed by atoms with Gasteiger partial charge >= 0.3 is 12.3 Å². The summed E-state index contributed by atoms with van der Waals surface area (Å²) in [5, 5.41) is 5.69. The van der Waals surface area contributed by atoms with Crippen molar-refractivity contribution in [1.29, 1.82) is 0 Å². The largest absolute Gasteiger partial charge is 0.483 e. The third kappa shape index (κ3) is 7.81. The van der Waals surface area contributed by atoms with E-state index in [0.29, 0.717) is 43.9 Å². The van der Waals surface area contributed by atoms with Crippen LogP contribution in [0.3, 0.4) is 0 Å². The van der Waals surface area contributed by atoms with Crippen molar-refractivity contribution in [2.45, 2.75) is 132 Å². The summed E-state index contributed by atoms with van der Waals surface area (Å²) in [6.45, 7) is 6.09. The number of pyridine rings is 1. The average Bonchev–Trinajstić information content (AvgIpc) is 3.78. The smallest absolute Gasteiger partial charge is 0.437 e. The number of amides is 4. The third-order valence-electron chi connectivity index (χ3n) is 11.5. The molecule has 1 spiro atoms. The fourth-order valence-corrected chi connectivity index (χ4v) is 9.48. The number of sulfonamides is 1. The number of ether oxygens (including phenoxy) is 2. The summed E-state index contributed by atoms with van der Waals surface area (Å²) in [7, 11) is -4.18. The number of para-hydroxylation sites is 1. The zero-order valence-electron chi connectivity index (χ0n) is 32.5. The first-order valence-corrected chi connectivity index (χ1v) is 21.2. The standard InChI is InChI=1S/C40H45ClF3N5O8S/c1-36(2,3)57-35(53)45-27-14-9-7-5-6-8-11-23-15-18-39(23,34(52)48-58(54,55)37(4)19-20-37)47-32(50)28-21-38(22-49(28)33(27)51)17-16-25-24-12-10-13-26(41)29(24)46-31(30(25)56-38)40(42,43)44/h8,10-13,23,27-28H,5-7,9,14,16-17,19-22H2,1-4H3,(H,45,53)(H,47,50)(H,48,52)/b11-8-/t23-,27+,28+,38-,39-/m1/s1. The van der Waals surface area contributed by atoms with Crippen molar-refractivity contribution < 1.29 is 50.2 Å². The van der Waals surface area contributed by atoms with Gasteiger partial charge in [0.25, 0.3) is 5.91 Å². The Kier molecular flexibility index (Phi) is 10.5. The molecule has 7 rings (SSSR count). The number of benzene rings is 1. The second-order valence-electron chi connectivity index (χ2n) is 17.1. The average molecular weight is 848 g/mol. The van der Waals surface area contributed by atoms with Crippen LogP contribution in [0.25, 0.3) is 10.9 Å². The first-order valence-electron chi connectivity index (χ1n) is 19.3. The molecular weight excluding hydrogens is 803 g/mol. The zero-order valence-corrected chi connectivity index (χ0v) is 34.0. The maximum absolute atomic E-state index is 14.7. The summed E-state index contributed by atoms with van der Waals surface area (Å²) >= 11 is 6.30. The minimum absolute atomic E-state index is 0.0212. The number of alkyl carbamates (subject to hydrolysis) is 1. The Labute approximate surface area is 339 Å². The van der Waals surface area contributed by atoms with Crippen LogP contribution < -0.4 is 20.1 Å². The summed E-state index contributed by atoms with van der Waals surface area (Å²) in [5.41, 5.74) is -5.68. The summed E-state index contributed by atoms with van der Waals surface area (Å²) in [6.07, 6.45) is 0.455. The Morgan fingerprint density at radius 2 is 1.86 bits per heavy atom. The summed E-state index contributed by atoms with van der Waals surface area (Å²) < 4.78 is 83.4. The maximum atomic E-state index is 14.7. The Hall–Kier alpha value is -4.56. The van der Waals surface area contributed by atoms with Gasteiger partial charge in [-0.1, -0.05) is 60.6 Å². The Morgan fingerprint density at radius 3 is 2.52 bits per heavy atom. The number of halogens is 4. The number of aryl methyl sites for hydroxylation is 1. The molecule has 2 aliphatic carbocycles. The molecule has 0 radical (unpaired) electrons. The van der Waals surface area contributed by atoms with E-state index in [4.69, 9.17) is 21.1 Å². The van der Waals surface area contributed by atoms with Crippen LogP contribution in [0.5, 0.6) is 5.75 Å². The van der Waals surface area contributed by atoms with Gasteiger partial charge in [0.1, 0.15) is 23.3 Å². The summed E-state index contributed by atoms with van der Waals surface area (Å²) in [4.78, 5) is 61.6. The third-order valence-corrected chi connectivity index (χ3v) is 14.0. The number of aromatic nitrogens is 1. The number of carbonyl (C=O) groups excluding carboxylic acids is 4. The highest BCUT2D eigenvalue weighted by atomic mass is 35.5. The van der Waals surface area contributed by atoms with Gasteiger partial charge in [-0.3, -0.25) is 14.4 Å². The van der Waals surface area contributed by atoms with Crippen LogP contribution in [-0.4, -0.2) is 82.2 Å². The molecule has 1 saturated carbocycles. The number of nitrogens with zero attached hydrogens (tertiary/aromatic N) is 2. The van der Waals surface area contributed by atoms with E-state index in [0.717, 1.165) is 4.90 Å². The lowest BCUT2D eigenvalue weighted by molar-refractivity contribution is -0.144. The van der Waals surface area contributed by atoms with Crippen molar-refractivity contribution in [3.8, 4) is 17.6 Å². The number of alkyl halides is 3. The van der Waals surface area contributed by atoms with Crippen molar-refractivity contribution in [3.63, 3.8) is 0 Å². The molecule has 5 atom stereocenters. The number of carbonyl (C=O) groups is 4. The molecule has 58 heavy (non-hydrogen) atoms. The van der Waals surface area contributed by atoms with E-state index >= 15 is 0 Å². The SMILES string of the molecule is CC(C)(C)OC(=O)N[C@H]1CCCCC/C=C\[C@@H]2C#C[C@@]2(C(=O)NS(=O)(=O)C2(C)CC2)NC(=O)[C@@H]2C[C@]3(CCc4c(c(C(F)(F)F)nc5c(Cl)cccc45)O3)CN2C1=O. The molecule has 312 valence electrons. The van der Waals surface area contributed by atoms with Crippen molar-refractivity contribution in [2.24, 2.45) is 5.92 Å². The molecule has 1 aromatic heterocycles. The van der Waals surface area contributed by atoms with E-state index < -0.39 is 90.9 Å². The molecule has 5 aliphatic rings. The normalized spacial score (nSPS) is 28.8. The topological polar surface area (TPSA) is 173 Å². The molecule has 0 unspecified atom stereocenters. The Bertz CT molecular complexity index is 2280. The van der Waals surface area contributed by atoms with Crippen molar-refractivity contribution in [3.05, 3.63) is 46.6 Å². The van der Waals surface area contributed by atoms with Gasteiger partial charge in [0.15, 0.2) is 17.0 Å². The van der Waals surface area contributed by atoms with E-state index in [2.05, 4.69) is 32.2 Å². The first-order chi connectivity index (χ1) is 27.1. The van der Waals surface area contributed by atoms with Gasteiger partial charge in [0.05, 0.1) is 27.7 Å². The van der Waals surface area contributed by atoms with Gasteiger partial charge in [0, 0.05) is 17.4 Å². The molecule has 1 saturated heterocycles. The molecule has 2 fully saturated rings. The molecule has 2 aromatic rings. The fourth-order valence-electron chi connectivity index (χ4n) is 7.97. The lowest BCUT2D eigenvalue weighted by Crippen LogP contribution is -2.68. The van der Waals surface area contributed by atoms with Crippen molar-refractivity contribution in [1.82, 2.24) is 25.2 Å². The van der Waals surface area contributed by atoms with Gasteiger partial charge in [-0.2, -0.15) is 13.2 Å². The predicted molar refractivity (Wildman–Crippen MR) is 206 cm³/mol. The van der Waals surface area contributed by atoms with Crippen LogP contribution in [0.2, 0.25) is 5.02 Å². The van der Waals surface area contributed by atoms with Crippen LogP contribution in [0.1, 0.15) is 96.7 Å². The molecule has 18 heteroatoms. The van der Waals surface area contributed by atoms with Crippen LogP contribution in [0.4, 0.5) is 18.0 Å². The second-order valence-corrected chi connectivity index (χ2v) is 19.7. The van der Waals surface area contributed by atoms with E-state index in [1.54, 1.807) is 45.1 Å². The van der Waals surface area contributed by atoms with E-state index in [1.807, 2.05) is 0 Å². The van der Waals surface area contributed by atoms with E-state index in [1.165, 1.54) is 13.0 Å². The Morgan fingerprint density at radius 1 is 1.12 bits per heavy atom. The van der Waals surface area contributed by atoms with Gasteiger partial charge in [0.2, 0.25) is 21.8 Å². The number of fused-ring (bicyclic) bond motifs is 5. The van der Waals surface area contributed by atoms with Crippen LogP contribution in [0, 0.1) is 17.8 Å². The minimum Gasteiger partial charge on any atom is -0.483 e. The number of hydrogen-bond donors (Lipinski definition) is 3. The molecule has 4 heterocycles. The summed E-state index contributed by atoms with van der Waals surface area (Å²) in [6, 6.07) is 1.94. The van der Waals surface area contributed by atoms with Crippen molar-refractivity contribution >= 4 is 56.3 Å². The quantitative estimate of drug-likeness (QED) is 0.267. The predicted octanol–water partition coefficient (Wildman–Crippen LogP) is 5.47. The van der Waals surface area contributed by atoms with Gasteiger partial charge < -0.3 is 25.0 Å².